The second-order valence-corrected chi connectivity index (χ2v) is 4.39. The molecule has 1 N–H and O–H groups in total. The Hall–Kier alpha value is -0.190. The third-order valence-electron chi connectivity index (χ3n) is 2.28. The lowest BCUT2D eigenvalue weighted by Crippen LogP contribution is -2.42. The summed E-state index contributed by atoms with van der Waals surface area (Å²) in [7, 11) is 6.27. The highest BCUT2D eigenvalue weighted by molar-refractivity contribution is 7.78. The molecule has 0 aromatic heterocycles. The van der Waals surface area contributed by atoms with Gasteiger partial charge in [0.25, 0.3) is 0 Å². The van der Waals surface area contributed by atoms with E-state index in [2.05, 4.69) is 31.6 Å². The van der Waals surface area contributed by atoms with Gasteiger partial charge in [0.1, 0.15) is 0 Å². The fourth-order valence-electron chi connectivity index (χ4n) is 1.42. The van der Waals surface area contributed by atoms with Crippen molar-refractivity contribution in [3.8, 4) is 0 Å². The van der Waals surface area contributed by atoms with Crippen molar-refractivity contribution in [2.45, 2.75) is 12.8 Å². The summed E-state index contributed by atoms with van der Waals surface area (Å²) in [6, 6.07) is 0. The predicted molar refractivity (Wildman–Crippen MR) is 64.6 cm³/mol. The quantitative estimate of drug-likeness (QED) is 0.356. The van der Waals surface area contributed by atoms with Gasteiger partial charge in [-0.1, -0.05) is 12.2 Å². The first-order chi connectivity index (χ1) is 6.62. The number of nitrogens with one attached hydrogen (secondary N) is 1. The third-order valence-corrected chi connectivity index (χ3v) is 2.45. The summed E-state index contributed by atoms with van der Waals surface area (Å²) in [6.07, 6.45) is 2.29. The van der Waals surface area contributed by atoms with E-state index in [0.717, 1.165) is 30.5 Å². The van der Waals surface area contributed by atoms with Crippen LogP contribution in [0.3, 0.4) is 0 Å². The Morgan fingerprint density at radius 1 is 1.29 bits per heavy atom. The number of hydrogen-bond acceptors (Lipinski definition) is 2. The van der Waals surface area contributed by atoms with Crippen molar-refractivity contribution in [1.29, 1.82) is 0 Å². The molecule has 0 aliphatic carbocycles. The Morgan fingerprint density at radius 3 is 2.50 bits per heavy atom. The van der Waals surface area contributed by atoms with E-state index in [1.807, 2.05) is 0 Å². The molecule has 84 valence electrons. The summed E-state index contributed by atoms with van der Waals surface area (Å²) in [5.41, 5.74) is 1.59. The van der Waals surface area contributed by atoms with E-state index in [0.29, 0.717) is 0 Å². The molecule has 4 heteroatoms. The molecule has 0 saturated heterocycles. The van der Waals surface area contributed by atoms with Crippen molar-refractivity contribution in [3.05, 3.63) is 0 Å². The average Bonchev–Trinajstić information content (AvgIpc) is 2.13. The Bertz CT molecular complexity index is 151. The monoisotopic (exact) mass is 219 g/mol. The molecule has 0 aromatic rings. The lowest BCUT2D eigenvalue weighted by molar-refractivity contribution is -0.890. The molecule has 0 aliphatic heterocycles. The van der Waals surface area contributed by atoms with E-state index in [1.165, 1.54) is 13.1 Å². The zero-order valence-corrected chi connectivity index (χ0v) is 10.4. The summed E-state index contributed by atoms with van der Waals surface area (Å²) in [5, 5.41) is 3.04. The molecule has 0 aromatic carbocycles. The van der Waals surface area contributed by atoms with E-state index < -0.39 is 0 Å². The summed E-state index contributed by atoms with van der Waals surface area (Å²) in [5.74, 6) is 0. The molecule has 3 nitrogen and oxygen atoms in total. The number of thiocarbonyl (C=S) groups is 1. The number of quaternary nitrogens is 1. The first-order valence-corrected chi connectivity index (χ1v) is 5.57. The molecule has 0 amide bonds. The minimum absolute atomic E-state index is 0.861. The first-order valence-electron chi connectivity index (χ1n) is 5.10. The second-order valence-electron chi connectivity index (χ2n) is 4.15. The van der Waals surface area contributed by atoms with Crippen molar-refractivity contribution in [1.82, 2.24) is 5.32 Å². The minimum atomic E-state index is 0.861. The fraction of sp³-hybridized carbons (Fsp3) is 0.900. The van der Waals surface area contributed by atoms with Crippen LogP contribution in [0.25, 0.3) is 0 Å². The lowest BCUT2D eigenvalue weighted by Gasteiger charge is -2.29. The highest BCUT2D eigenvalue weighted by Crippen LogP contribution is 2.00. The standard InChI is InChI=1S/C10H22N2OS/c1-12(2,8-5-9-13-3)7-4-6-11-10-14/h10H,4-9H2,1-3H3/p+1. The second kappa shape index (κ2) is 8.15. The molecule has 14 heavy (non-hydrogen) atoms. The molecule has 0 aliphatic rings. The van der Waals surface area contributed by atoms with Crippen molar-refractivity contribution < 1.29 is 9.22 Å². The number of nitrogens with zero attached hydrogens (tertiary/aromatic N) is 1. The summed E-state index contributed by atoms with van der Waals surface area (Å²) >= 11 is 4.69. The molecule has 0 saturated carbocycles. The van der Waals surface area contributed by atoms with Crippen LogP contribution >= 0.6 is 12.2 Å². The van der Waals surface area contributed by atoms with Gasteiger partial charge in [-0.25, -0.2) is 0 Å². The van der Waals surface area contributed by atoms with E-state index in [-0.39, 0.29) is 0 Å². The van der Waals surface area contributed by atoms with Gasteiger partial charge in [-0.3, -0.25) is 0 Å². The van der Waals surface area contributed by atoms with Gasteiger partial charge in [0.05, 0.1) is 39.3 Å². The van der Waals surface area contributed by atoms with E-state index >= 15 is 0 Å². The maximum absolute atomic E-state index is 5.04. The van der Waals surface area contributed by atoms with E-state index in [9.17, 15) is 0 Å². The van der Waals surface area contributed by atoms with Gasteiger partial charge in [-0.2, -0.15) is 0 Å². The highest BCUT2D eigenvalue weighted by atomic mass is 32.1. The summed E-state index contributed by atoms with van der Waals surface area (Å²) < 4.78 is 6.10. The van der Waals surface area contributed by atoms with Crippen molar-refractivity contribution in [2.24, 2.45) is 0 Å². The topological polar surface area (TPSA) is 21.3 Å². The molecule has 0 fully saturated rings. The van der Waals surface area contributed by atoms with Crippen LogP contribution in [0.4, 0.5) is 0 Å². The molecule has 0 radical (unpaired) electrons. The molecule has 0 bridgehead atoms. The van der Waals surface area contributed by atoms with E-state index in [4.69, 9.17) is 4.74 Å². The van der Waals surface area contributed by atoms with Crippen LogP contribution in [0.1, 0.15) is 12.8 Å². The molecule has 0 unspecified atom stereocenters. The number of ether oxygens (including phenoxy) is 1. The lowest BCUT2D eigenvalue weighted by atomic mass is 10.3. The largest absolute Gasteiger partial charge is 0.384 e. The minimum Gasteiger partial charge on any atom is -0.384 e. The van der Waals surface area contributed by atoms with E-state index in [1.54, 1.807) is 12.6 Å². The Labute approximate surface area is 93.0 Å². The molecule has 0 rings (SSSR count). The van der Waals surface area contributed by atoms with Crippen LogP contribution in [0, 0.1) is 0 Å². The van der Waals surface area contributed by atoms with Crippen molar-refractivity contribution in [2.75, 3.05) is 47.4 Å². The molecular weight excluding hydrogens is 196 g/mol. The summed E-state index contributed by atoms with van der Waals surface area (Å²) in [6.45, 7) is 4.20. The number of rotatable bonds is 9. The molecular formula is C10H23N2OS+. The normalized spacial score (nSPS) is 11.4. The first kappa shape index (κ1) is 13.8. The van der Waals surface area contributed by atoms with Crippen LogP contribution in [0.5, 0.6) is 0 Å². The fourth-order valence-corrected chi connectivity index (χ4v) is 1.53. The smallest absolute Gasteiger partial charge is 0.0804 e. The number of methoxy groups -OCH3 is 1. The van der Waals surface area contributed by atoms with Gasteiger partial charge in [0, 0.05) is 26.5 Å². The van der Waals surface area contributed by atoms with Gasteiger partial charge in [-0.05, 0) is 0 Å². The SMILES string of the molecule is COCCC[N+](C)(C)CCCNC=S. The van der Waals surface area contributed by atoms with Crippen LogP contribution in [-0.4, -0.2) is 57.4 Å². The maximum atomic E-state index is 5.04. The van der Waals surface area contributed by atoms with Gasteiger partial charge < -0.3 is 14.5 Å². The van der Waals surface area contributed by atoms with Crippen LogP contribution in [0.2, 0.25) is 0 Å². The summed E-state index contributed by atoms with van der Waals surface area (Å²) in [4.78, 5) is 0. The van der Waals surface area contributed by atoms with Gasteiger partial charge in [0.2, 0.25) is 0 Å². The van der Waals surface area contributed by atoms with Crippen LogP contribution in [0.15, 0.2) is 0 Å². The average molecular weight is 219 g/mol. The Morgan fingerprint density at radius 2 is 1.93 bits per heavy atom. The van der Waals surface area contributed by atoms with Crippen LogP contribution in [-0.2, 0) is 4.74 Å². The zero-order valence-electron chi connectivity index (χ0n) is 9.58. The predicted octanol–water partition coefficient (Wildman–Crippen LogP) is 1.04. The molecule has 0 spiro atoms. The number of hydrogen-bond donors (Lipinski definition) is 1. The van der Waals surface area contributed by atoms with Gasteiger partial charge >= 0.3 is 0 Å². The van der Waals surface area contributed by atoms with Crippen molar-refractivity contribution >= 4 is 17.7 Å². The van der Waals surface area contributed by atoms with Crippen molar-refractivity contribution in [3.63, 3.8) is 0 Å². The van der Waals surface area contributed by atoms with Crippen LogP contribution < -0.4 is 5.32 Å². The third kappa shape index (κ3) is 8.41. The maximum Gasteiger partial charge on any atom is 0.0804 e. The zero-order chi connectivity index (χ0) is 10.9. The Balaban J connectivity index is 3.45. The molecule has 0 atom stereocenters. The van der Waals surface area contributed by atoms with Gasteiger partial charge in [-0.15, -0.1) is 0 Å². The Kier molecular flexibility index (Phi) is 8.04. The molecule has 0 heterocycles. The van der Waals surface area contributed by atoms with Gasteiger partial charge in [0.15, 0.2) is 0 Å². The highest BCUT2D eigenvalue weighted by Gasteiger charge is 2.13.